The lowest BCUT2D eigenvalue weighted by atomic mass is 9.86. The summed E-state index contributed by atoms with van der Waals surface area (Å²) in [5.41, 5.74) is 7.81. The maximum atomic E-state index is 13.0. The van der Waals surface area contributed by atoms with Gasteiger partial charge in [0.2, 0.25) is 0 Å². The SMILES string of the molecule is Cc1ccc(F)cc1C(C)C(C)CN. The molecule has 1 aromatic carbocycles. The highest BCUT2D eigenvalue weighted by atomic mass is 19.1. The number of nitrogens with two attached hydrogens (primary N) is 1. The first-order valence-electron chi connectivity index (χ1n) is 5.02. The predicted octanol–water partition coefficient (Wildman–Crippen LogP) is 2.83. The van der Waals surface area contributed by atoms with Crippen molar-refractivity contribution in [2.75, 3.05) is 6.54 Å². The largest absolute Gasteiger partial charge is 0.330 e. The summed E-state index contributed by atoms with van der Waals surface area (Å²) in [5, 5.41) is 0. The van der Waals surface area contributed by atoms with E-state index in [2.05, 4.69) is 13.8 Å². The molecular formula is C12H18FN. The van der Waals surface area contributed by atoms with Crippen molar-refractivity contribution in [1.82, 2.24) is 0 Å². The van der Waals surface area contributed by atoms with E-state index in [1.165, 1.54) is 6.07 Å². The first-order chi connectivity index (χ1) is 6.56. The maximum absolute atomic E-state index is 13.0. The zero-order valence-corrected chi connectivity index (χ0v) is 9.05. The van der Waals surface area contributed by atoms with Crippen LogP contribution >= 0.6 is 0 Å². The van der Waals surface area contributed by atoms with Gasteiger partial charge in [0.1, 0.15) is 5.82 Å². The molecule has 2 N–H and O–H groups in total. The Labute approximate surface area is 85.1 Å². The molecule has 0 spiro atoms. The van der Waals surface area contributed by atoms with Gasteiger partial charge in [-0.1, -0.05) is 19.9 Å². The summed E-state index contributed by atoms with van der Waals surface area (Å²) in [6.07, 6.45) is 0. The van der Waals surface area contributed by atoms with E-state index in [1.54, 1.807) is 6.07 Å². The summed E-state index contributed by atoms with van der Waals surface area (Å²) in [6, 6.07) is 4.94. The van der Waals surface area contributed by atoms with E-state index >= 15 is 0 Å². The fourth-order valence-electron chi connectivity index (χ4n) is 1.61. The van der Waals surface area contributed by atoms with Gasteiger partial charge in [-0.05, 0) is 48.6 Å². The van der Waals surface area contributed by atoms with E-state index in [4.69, 9.17) is 5.73 Å². The van der Waals surface area contributed by atoms with E-state index in [9.17, 15) is 4.39 Å². The van der Waals surface area contributed by atoms with Crippen molar-refractivity contribution in [3.8, 4) is 0 Å². The quantitative estimate of drug-likeness (QED) is 0.788. The van der Waals surface area contributed by atoms with Crippen molar-refractivity contribution < 1.29 is 4.39 Å². The van der Waals surface area contributed by atoms with Gasteiger partial charge in [-0.15, -0.1) is 0 Å². The summed E-state index contributed by atoms with van der Waals surface area (Å²) < 4.78 is 13.0. The molecule has 0 radical (unpaired) electrons. The van der Waals surface area contributed by atoms with Gasteiger partial charge in [0, 0.05) is 0 Å². The van der Waals surface area contributed by atoms with Gasteiger partial charge in [-0.3, -0.25) is 0 Å². The molecule has 78 valence electrons. The zero-order valence-electron chi connectivity index (χ0n) is 9.05. The Kier molecular flexibility index (Phi) is 3.64. The normalized spacial score (nSPS) is 15.2. The minimum atomic E-state index is -0.165. The molecule has 0 saturated carbocycles. The van der Waals surface area contributed by atoms with Crippen molar-refractivity contribution in [3.63, 3.8) is 0 Å². The fourth-order valence-corrected chi connectivity index (χ4v) is 1.61. The third-order valence-corrected chi connectivity index (χ3v) is 2.96. The lowest BCUT2D eigenvalue weighted by Gasteiger charge is -2.20. The van der Waals surface area contributed by atoms with Crippen LogP contribution in [0.5, 0.6) is 0 Å². The van der Waals surface area contributed by atoms with E-state index in [0.717, 1.165) is 11.1 Å². The van der Waals surface area contributed by atoms with Crippen LogP contribution in [0.25, 0.3) is 0 Å². The Morgan fingerprint density at radius 2 is 2.00 bits per heavy atom. The minimum Gasteiger partial charge on any atom is -0.330 e. The number of rotatable bonds is 3. The number of aryl methyl sites for hydroxylation is 1. The van der Waals surface area contributed by atoms with Crippen LogP contribution in [0.1, 0.15) is 30.9 Å². The van der Waals surface area contributed by atoms with Crippen LogP contribution in [0, 0.1) is 18.7 Å². The first kappa shape index (κ1) is 11.2. The van der Waals surface area contributed by atoms with Crippen molar-refractivity contribution in [2.45, 2.75) is 26.7 Å². The standard InChI is InChI=1S/C12H18FN/c1-8-4-5-11(13)6-12(8)10(3)9(2)7-14/h4-6,9-10H,7,14H2,1-3H3. The lowest BCUT2D eigenvalue weighted by Crippen LogP contribution is -2.17. The average molecular weight is 195 g/mol. The summed E-state index contributed by atoms with van der Waals surface area (Å²) in [6.45, 7) is 6.83. The molecule has 1 nitrogen and oxygen atoms in total. The minimum absolute atomic E-state index is 0.165. The summed E-state index contributed by atoms with van der Waals surface area (Å²) in [7, 11) is 0. The number of hydrogen-bond donors (Lipinski definition) is 1. The molecule has 1 rings (SSSR count). The second-order valence-electron chi connectivity index (χ2n) is 4.00. The molecule has 0 saturated heterocycles. The molecule has 0 aliphatic carbocycles. The van der Waals surface area contributed by atoms with E-state index in [1.807, 2.05) is 13.0 Å². The number of halogens is 1. The van der Waals surface area contributed by atoms with Gasteiger partial charge >= 0.3 is 0 Å². The Balaban J connectivity index is 2.99. The maximum Gasteiger partial charge on any atom is 0.123 e. The second kappa shape index (κ2) is 4.56. The van der Waals surface area contributed by atoms with Crippen molar-refractivity contribution in [1.29, 1.82) is 0 Å². The van der Waals surface area contributed by atoms with Gasteiger partial charge in [0.05, 0.1) is 0 Å². The number of hydrogen-bond acceptors (Lipinski definition) is 1. The monoisotopic (exact) mass is 195 g/mol. The predicted molar refractivity (Wildman–Crippen MR) is 57.8 cm³/mol. The molecule has 2 unspecified atom stereocenters. The highest BCUT2D eigenvalue weighted by Gasteiger charge is 2.15. The first-order valence-corrected chi connectivity index (χ1v) is 5.02. The molecule has 2 heteroatoms. The molecular weight excluding hydrogens is 177 g/mol. The molecule has 2 atom stereocenters. The molecule has 0 bridgehead atoms. The molecule has 0 aliphatic heterocycles. The van der Waals surface area contributed by atoms with E-state index in [0.29, 0.717) is 18.4 Å². The van der Waals surface area contributed by atoms with Gasteiger partial charge in [-0.25, -0.2) is 4.39 Å². The molecule has 1 aromatic rings. The van der Waals surface area contributed by atoms with Crippen molar-refractivity contribution in [3.05, 3.63) is 35.1 Å². The Morgan fingerprint density at radius 1 is 1.36 bits per heavy atom. The van der Waals surface area contributed by atoms with Crippen molar-refractivity contribution >= 4 is 0 Å². The highest BCUT2D eigenvalue weighted by Crippen LogP contribution is 2.26. The Hall–Kier alpha value is -0.890. The third-order valence-electron chi connectivity index (χ3n) is 2.96. The van der Waals surface area contributed by atoms with E-state index in [-0.39, 0.29) is 5.82 Å². The second-order valence-corrected chi connectivity index (χ2v) is 4.00. The molecule has 0 fully saturated rings. The zero-order chi connectivity index (χ0) is 10.7. The van der Waals surface area contributed by atoms with Gasteiger partial charge in [0.15, 0.2) is 0 Å². The fraction of sp³-hybridized carbons (Fsp3) is 0.500. The van der Waals surface area contributed by atoms with Gasteiger partial charge < -0.3 is 5.73 Å². The van der Waals surface area contributed by atoms with E-state index < -0.39 is 0 Å². The summed E-state index contributed by atoms with van der Waals surface area (Å²) in [4.78, 5) is 0. The highest BCUT2D eigenvalue weighted by molar-refractivity contribution is 5.29. The Bertz CT molecular complexity index is 309. The van der Waals surface area contributed by atoms with Crippen LogP contribution in [0.15, 0.2) is 18.2 Å². The molecule has 0 amide bonds. The van der Waals surface area contributed by atoms with Crippen LogP contribution in [0.3, 0.4) is 0 Å². The van der Waals surface area contributed by atoms with Gasteiger partial charge in [-0.2, -0.15) is 0 Å². The summed E-state index contributed by atoms with van der Waals surface area (Å²) in [5.74, 6) is 0.535. The molecule has 0 aliphatic rings. The van der Waals surface area contributed by atoms with Crippen LogP contribution in [0.4, 0.5) is 4.39 Å². The molecule has 0 aromatic heterocycles. The van der Waals surface area contributed by atoms with Crippen LogP contribution < -0.4 is 5.73 Å². The smallest absolute Gasteiger partial charge is 0.123 e. The summed E-state index contributed by atoms with van der Waals surface area (Å²) >= 11 is 0. The molecule has 0 heterocycles. The van der Waals surface area contributed by atoms with Crippen LogP contribution in [0.2, 0.25) is 0 Å². The van der Waals surface area contributed by atoms with Crippen LogP contribution in [-0.4, -0.2) is 6.54 Å². The Morgan fingerprint density at radius 3 is 2.57 bits per heavy atom. The lowest BCUT2D eigenvalue weighted by molar-refractivity contribution is 0.494. The number of benzene rings is 1. The van der Waals surface area contributed by atoms with Crippen molar-refractivity contribution in [2.24, 2.45) is 11.7 Å². The third kappa shape index (κ3) is 2.32. The average Bonchev–Trinajstić information content (AvgIpc) is 2.19. The molecule has 14 heavy (non-hydrogen) atoms. The van der Waals surface area contributed by atoms with Gasteiger partial charge in [0.25, 0.3) is 0 Å². The van der Waals surface area contributed by atoms with Crippen LogP contribution in [-0.2, 0) is 0 Å². The topological polar surface area (TPSA) is 26.0 Å².